The second-order valence-corrected chi connectivity index (χ2v) is 15.4. The van der Waals surface area contributed by atoms with Crippen LogP contribution in [0.4, 0.5) is 0 Å². The molecule has 0 aliphatic heterocycles. The van der Waals surface area contributed by atoms with Gasteiger partial charge in [0.05, 0.1) is 18.6 Å². The van der Waals surface area contributed by atoms with Crippen LogP contribution >= 0.6 is 191 Å². The summed E-state index contributed by atoms with van der Waals surface area (Å²) < 4.78 is 11.6. The highest BCUT2D eigenvalue weighted by Gasteiger charge is 2.55. The molecule has 0 heterocycles. The molecule has 0 N–H and O–H groups in total. The highest BCUT2D eigenvalue weighted by molar-refractivity contribution is 9.19. The van der Waals surface area contributed by atoms with Crippen molar-refractivity contribution in [1.29, 1.82) is 0 Å². The van der Waals surface area contributed by atoms with Gasteiger partial charge in [0, 0.05) is 26.9 Å². The number of alkyl halides is 4. The van der Waals surface area contributed by atoms with Gasteiger partial charge >= 0.3 is 0 Å². The highest BCUT2D eigenvalue weighted by atomic mass is 79.9. The summed E-state index contributed by atoms with van der Waals surface area (Å²) in [6.07, 6.45) is 0. The number of rotatable bonds is 2. The molecular formula is C12H2Br12O. The second-order valence-electron chi connectivity index (χ2n) is 4.70. The summed E-state index contributed by atoms with van der Waals surface area (Å²) in [7, 11) is 0. The minimum Gasteiger partial charge on any atom is -0.333 e. The van der Waals surface area contributed by atoms with E-state index >= 15 is 0 Å². The lowest BCUT2D eigenvalue weighted by Crippen LogP contribution is -2.50. The minimum atomic E-state index is -0.916. The Hall–Kier alpha value is 4.68. The zero-order valence-electron chi connectivity index (χ0n) is 11.1. The lowest BCUT2D eigenvalue weighted by molar-refractivity contribution is 0.0110. The van der Waals surface area contributed by atoms with Gasteiger partial charge in [0.15, 0.2) is 9.02 Å². The molecule has 0 aromatic heterocycles. The molecule has 13 heteroatoms. The van der Waals surface area contributed by atoms with Crippen molar-refractivity contribution in [2.75, 3.05) is 0 Å². The topological polar surface area (TPSA) is 9.23 Å². The fourth-order valence-corrected chi connectivity index (χ4v) is 11.9. The van der Waals surface area contributed by atoms with Crippen LogP contribution in [0.1, 0.15) is 0 Å². The number of ether oxygens (including phenoxy) is 1. The molecule has 0 amide bonds. The summed E-state index contributed by atoms with van der Waals surface area (Å²) >= 11 is 43.8. The number of halogens is 12. The Bertz CT molecular complexity index is 689. The van der Waals surface area contributed by atoms with E-state index in [4.69, 9.17) is 4.74 Å². The van der Waals surface area contributed by atoms with Crippen LogP contribution in [0.5, 0.6) is 0 Å². The van der Waals surface area contributed by atoms with Crippen LogP contribution in [0.2, 0.25) is 0 Å². The van der Waals surface area contributed by atoms with E-state index < -0.39 is 9.02 Å². The molecule has 1 nitrogen and oxygen atoms in total. The third kappa shape index (κ3) is 4.59. The Balaban J connectivity index is 2.59. The van der Waals surface area contributed by atoms with Crippen molar-refractivity contribution >= 4 is 191 Å². The van der Waals surface area contributed by atoms with E-state index in [1.54, 1.807) is 0 Å². The van der Waals surface area contributed by atoms with Crippen LogP contribution in [-0.4, -0.2) is 18.7 Å². The summed E-state index contributed by atoms with van der Waals surface area (Å²) in [6.45, 7) is 0. The summed E-state index contributed by atoms with van der Waals surface area (Å²) in [4.78, 5) is -0.433. The van der Waals surface area contributed by atoms with Crippen LogP contribution < -0.4 is 0 Å². The molecule has 0 aromatic rings. The summed E-state index contributed by atoms with van der Waals surface area (Å²) in [5.41, 5.74) is 0. The summed E-state index contributed by atoms with van der Waals surface area (Å²) in [6, 6.07) is 0. The summed E-state index contributed by atoms with van der Waals surface area (Å²) in [5.74, 6) is 0. The van der Waals surface area contributed by atoms with Crippen LogP contribution in [0, 0.1) is 0 Å². The average molecular weight is 1120 g/mol. The molecule has 2 aliphatic carbocycles. The molecule has 0 radical (unpaired) electrons. The van der Waals surface area contributed by atoms with Crippen LogP contribution in [0.25, 0.3) is 0 Å². The lowest BCUT2D eigenvalue weighted by Gasteiger charge is -2.45. The molecule has 25 heavy (non-hydrogen) atoms. The van der Waals surface area contributed by atoms with E-state index in [2.05, 4.69) is 191 Å². The summed E-state index contributed by atoms with van der Waals surface area (Å²) in [5, 5.41) is 0. The van der Waals surface area contributed by atoms with Gasteiger partial charge in [-0.1, -0.05) is 95.6 Å². The number of hydrogen-bond acceptors (Lipinski definition) is 1. The molecule has 0 saturated heterocycles. The largest absolute Gasteiger partial charge is 0.333 e. The Labute approximate surface area is 246 Å². The highest BCUT2D eigenvalue weighted by Crippen LogP contribution is 2.61. The maximum absolute atomic E-state index is 6.63. The molecule has 0 fully saturated rings. The van der Waals surface area contributed by atoms with Gasteiger partial charge in [0.25, 0.3) is 0 Å². The zero-order chi connectivity index (χ0) is 19.5. The molecule has 140 valence electrons. The predicted molar refractivity (Wildman–Crippen MR) is 149 cm³/mol. The zero-order valence-corrected chi connectivity index (χ0v) is 30.1. The van der Waals surface area contributed by atoms with Crippen LogP contribution in [-0.2, 0) is 4.74 Å². The maximum atomic E-state index is 6.63. The smallest absolute Gasteiger partial charge is 0.175 e. The molecule has 2 aliphatic rings. The predicted octanol–water partition coefficient (Wildman–Crippen LogP) is 10.7. The fraction of sp³-hybridized carbons (Fsp3) is 0.333. The van der Waals surface area contributed by atoms with Crippen molar-refractivity contribution < 1.29 is 4.74 Å². The fourth-order valence-electron chi connectivity index (χ4n) is 1.88. The van der Waals surface area contributed by atoms with Gasteiger partial charge in [0.1, 0.15) is 0 Å². The van der Waals surface area contributed by atoms with E-state index in [0.717, 1.165) is 35.9 Å². The normalized spacial score (nSPS) is 37.4. The second kappa shape index (κ2) is 9.67. The van der Waals surface area contributed by atoms with Crippen molar-refractivity contribution in [1.82, 2.24) is 0 Å². The van der Waals surface area contributed by atoms with Gasteiger partial charge < -0.3 is 4.74 Å². The SMILES string of the molecule is BrC1=C(Br)C(Br)C(Br)(OC2(Br)C(Br)=C(Br)C(Br)=C(Br)C2Br)C(Br)=C1Br. The third-order valence-corrected chi connectivity index (χ3v) is 21.0. The van der Waals surface area contributed by atoms with Gasteiger partial charge in [-0.2, -0.15) is 0 Å². The average Bonchev–Trinajstić information content (AvgIpc) is 2.59. The molecule has 0 bridgehead atoms. The molecule has 0 aromatic carbocycles. The van der Waals surface area contributed by atoms with Crippen molar-refractivity contribution in [2.45, 2.75) is 18.7 Å². The maximum Gasteiger partial charge on any atom is 0.175 e. The van der Waals surface area contributed by atoms with Crippen molar-refractivity contribution in [2.24, 2.45) is 0 Å². The first-order valence-corrected chi connectivity index (χ1v) is 15.7. The Morgan fingerprint density at radius 3 is 1.12 bits per heavy atom. The molecule has 4 unspecified atom stereocenters. The Kier molecular flexibility index (Phi) is 10.0. The van der Waals surface area contributed by atoms with Crippen molar-refractivity contribution in [3.8, 4) is 0 Å². The first kappa shape index (κ1) is 25.9. The van der Waals surface area contributed by atoms with Crippen molar-refractivity contribution in [3.63, 3.8) is 0 Å². The van der Waals surface area contributed by atoms with Gasteiger partial charge in [-0.05, 0) is 95.6 Å². The van der Waals surface area contributed by atoms with Gasteiger partial charge in [-0.3, -0.25) is 0 Å². The van der Waals surface area contributed by atoms with E-state index in [1.165, 1.54) is 0 Å². The van der Waals surface area contributed by atoms with E-state index in [-0.39, 0.29) is 9.65 Å². The Morgan fingerprint density at radius 1 is 0.560 bits per heavy atom. The van der Waals surface area contributed by atoms with E-state index in [1.807, 2.05) is 0 Å². The standard InChI is InChI=1S/C12H2Br12O/c13-1-3(15)7(19)11(23,8(20)4(1)16)25-12(24)9(21)5(17)2(14)6(18)10(12)22/h7,9H. The minimum absolute atomic E-state index is 0.216. The van der Waals surface area contributed by atoms with Gasteiger partial charge in [-0.15, -0.1) is 0 Å². The molecule has 0 saturated carbocycles. The van der Waals surface area contributed by atoms with Crippen LogP contribution in [0.15, 0.2) is 35.9 Å². The molecule has 4 atom stereocenters. The van der Waals surface area contributed by atoms with Gasteiger partial charge in [0.2, 0.25) is 0 Å². The van der Waals surface area contributed by atoms with Crippen molar-refractivity contribution in [3.05, 3.63) is 35.9 Å². The van der Waals surface area contributed by atoms with E-state index in [9.17, 15) is 0 Å². The van der Waals surface area contributed by atoms with Crippen LogP contribution in [0.3, 0.4) is 0 Å². The third-order valence-electron chi connectivity index (χ3n) is 3.18. The number of hydrogen-bond donors (Lipinski definition) is 0. The molecule has 2 rings (SSSR count). The first-order valence-electron chi connectivity index (χ1n) is 5.89. The quantitative estimate of drug-likeness (QED) is 0.251. The molecule has 0 spiro atoms. The Morgan fingerprint density at radius 2 is 0.840 bits per heavy atom. The monoisotopic (exact) mass is 1110 g/mol. The van der Waals surface area contributed by atoms with E-state index in [0.29, 0.717) is 0 Å². The number of allylic oxidation sites excluding steroid dienone is 4. The lowest BCUT2D eigenvalue weighted by atomic mass is 10.1. The molecular weight excluding hydrogens is 1120 g/mol. The van der Waals surface area contributed by atoms with Gasteiger partial charge in [-0.25, -0.2) is 0 Å². The first-order chi connectivity index (χ1) is 11.3.